The highest BCUT2D eigenvalue weighted by Gasteiger charge is 2.16. The Hall–Kier alpha value is -2.32. The van der Waals surface area contributed by atoms with Crippen LogP contribution in [0.2, 0.25) is 0 Å². The number of benzene rings is 2. The van der Waals surface area contributed by atoms with Crippen LogP contribution < -0.4 is 4.74 Å². The average Bonchev–Trinajstić information content (AvgIpc) is 2.49. The zero-order chi connectivity index (χ0) is 16.0. The van der Waals surface area contributed by atoms with Crippen molar-refractivity contribution in [2.75, 3.05) is 6.61 Å². The van der Waals surface area contributed by atoms with Crippen LogP contribution in [0.5, 0.6) is 5.75 Å². The maximum atomic E-state index is 12.4. The van der Waals surface area contributed by atoms with Crippen LogP contribution >= 0.6 is 0 Å². The Kier molecular flexibility index (Phi) is 5.18. The van der Waals surface area contributed by atoms with E-state index >= 15 is 0 Å². The average molecular weight is 315 g/mol. The summed E-state index contributed by atoms with van der Waals surface area (Å²) in [4.78, 5) is 0. The largest absolute Gasteiger partial charge is 0.494 e. The van der Waals surface area contributed by atoms with Crippen molar-refractivity contribution in [3.63, 3.8) is 0 Å². The first-order chi connectivity index (χ1) is 10.5. The zero-order valence-electron chi connectivity index (χ0n) is 12.3. The molecule has 4 nitrogen and oxygen atoms in total. The first-order valence-electron chi connectivity index (χ1n) is 6.94. The molecule has 0 aromatic heterocycles. The minimum Gasteiger partial charge on any atom is -0.494 e. The van der Waals surface area contributed by atoms with Gasteiger partial charge in [-0.3, -0.25) is 0 Å². The van der Waals surface area contributed by atoms with Crippen molar-refractivity contribution in [2.24, 2.45) is 0 Å². The molecular weight excluding hydrogens is 298 g/mol. The molecule has 0 bridgehead atoms. The first-order valence-corrected chi connectivity index (χ1v) is 8.76. The van der Waals surface area contributed by atoms with E-state index in [-0.39, 0.29) is 11.5 Å². The van der Waals surface area contributed by atoms with Crippen molar-refractivity contribution in [1.29, 1.82) is 5.26 Å². The number of sulfone groups is 1. The molecule has 22 heavy (non-hydrogen) atoms. The molecule has 0 aliphatic carbocycles. The number of ether oxygens (including phenoxy) is 1. The highest BCUT2D eigenvalue weighted by molar-refractivity contribution is 7.89. The van der Waals surface area contributed by atoms with Crippen LogP contribution in [-0.4, -0.2) is 15.0 Å². The van der Waals surface area contributed by atoms with Crippen molar-refractivity contribution in [1.82, 2.24) is 0 Å². The molecule has 0 fully saturated rings. The molecule has 5 heteroatoms. The van der Waals surface area contributed by atoms with Crippen LogP contribution in [0.25, 0.3) is 0 Å². The molecule has 2 aromatic carbocycles. The lowest BCUT2D eigenvalue weighted by atomic mass is 10.2. The molecule has 0 spiro atoms. The highest BCUT2D eigenvalue weighted by atomic mass is 32.2. The van der Waals surface area contributed by atoms with Gasteiger partial charge in [0.05, 0.1) is 29.7 Å². The molecule has 0 aliphatic rings. The number of hydrogen-bond donors (Lipinski definition) is 0. The zero-order valence-corrected chi connectivity index (χ0v) is 13.1. The van der Waals surface area contributed by atoms with Gasteiger partial charge in [-0.2, -0.15) is 5.26 Å². The monoisotopic (exact) mass is 315 g/mol. The van der Waals surface area contributed by atoms with E-state index in [9.17, 15) is 8.42 Å². The van der Waals surface area contributed by atoms with Gasteiger partial charge in [-0.1, -0.05) is 30.3 Å². The summed E-state index contributed by atoms with van der Waals surface area (Å²) in [6.07, 6.45) is 0. The third-order valence-electron chi connectivity index (χ3n) is 3.12. The van der Waals surface area contributed by atoms with Crippen molar-refractivity contribution < 1.29 is 13.2 Å². The summed E-state index contributed by atoms with van der Waals surface area (Å²) in [5.74, 6) is 0.482. The van der Waals surface area contributed by atoms with Crippen LogP contribution in [-0.2, 0) is 21.3 Å². The summed E-state index contributed by atoms with van der Waals surface area (Å²) in [7, 11) is -3.31. The Labute approximate surface area is 130 Å². The number of hydrogen-bond acceptors (Lipinski definition) is 4. The maximum absolute atomic E-state index is 12.4. The summed E-state index contributed by atoms with van der Waals surface area (Å²) >= 11 is 0. The topological polar surface area (TPSA) is 67.2 Å². The van der Waals surface area contributed by atoms with E-state index in [1.54, 1.807) is 42.5 Å². The molecule has 0 aliphatic heterocycles. The lowest BCUT2D eigenvalue weighted by molar-refractivity contribution is 0.337. The van der Waals surface area contributed by atoms with Gasteiger partial charge in [0.1, 0.15) is 5.75 Å². The van der Waals surface area contributed by atoms with E-state index in [1.165, 1.54) is 0 Å². The molecule has 2 aromatic rings. The maximum Gasteiger partial charge on any atom is 0.158 e. The Bertz CT molecular complexity index is 774. The summed E-state index contributed by atoms with van der Waals surface area (Å²) < 4.78 is 30.2. The second-order valence-electron chi connectivity index (χ2n) is 4.88. The van der Waals surface area contributed by atoms with Gasteiger partial charge in [-0.15, -0.1) is 0 Å². The molecule has 0 atom stereocenters. The summed E-state index contributed by atoms with van der Waals surface area (Å²) in [5, 5.41) is 8.75. The normalized spacial score (nSPS) is 10.9. The van der Waals surface area contributed by atoms with E-state index < -0.39 is 9.84 Å². The molecule has 0 saturated heterocycles. The number of nitriles is 1. The SMILES string of the molecule is CCOc1ccccc1CS(=O)(=O)Cc1ccc(C#N)cc1. The third-order valence-corrected chi connectivity index (χ3v) is 4.64. The number of nitrogens with zero attached hydrogens (tertiary/aromatic N) is 1. The van der Waals surface area contributed by atoms with Gasteiger partial charge < -0.3 is 4.74 Å². The van der Waals surface area contributed by atoms with Gasteiger partial charge in [0, 0.05) is 5.56 Å². The van der Waals surface area contributed by atoms with E-state index in [0.29, 0.717) is 29.0 Å². The third kappa shape index (κ3) is 4.34. The molecule has 0 unspecified atom stereocenters. The lowest BCUT2D eigenvalue weighted by Crippen LogP contribution is -2.09. The Balaban J connectivity index is 2.15. The predicted molar refractivity (Wildman–Crippen MR) is 85.1 cm³/mol. The van der Waals surface area contributed by atoms with Crippen LogP contribution in [0.1, 0.15) is 23.6 Å². The Morgan fingerprint density at radius 1 is 1.05 bits per heavy atom. The fourth-order valence-electron chi connectivity index (χ4n) is 2.14. The summed E-state index contributed by atoms with van der Waals surface area (Å²) in [6.45, 7) is 2.36. The lowest BCUT2D eigenvalue weighted by Gasteiger charge is -2.10. The van der Waals surface area contributed by atoms with Crippen molar-refractivity contribution in [3.05, 3.63) is 65.2 Å². The number of para-hydroxylation sites is 1. The van der Waals surface area contributed by atoms with Gasteiger partial charge >= 0.3 is 0 Å². The summed E-state index contributed by atoms with van der Waals surface area (Å²) in [6, 6.07) is 15.8. The molecule has 0 radical (unpaired) electrons. The van der Waals surface area contributed by atoms with E-state index in [4.69, 9.17) is 10.00 Å². The number of rotatable bonds is 6. The fourth-order valence-corrected chi connectivity index (χ4v) is 3.65. The van der Waals surface area contributed by atoms with E-state index in [2.05, 4.69) is 0 Å². The van der Waals surface area contributed by atoms with Crippen LogP contribution in [0, 0.1) is 11.3 Å². The minimum absolute atomic E-state index is 0.0564. The smallest absolute Gasteiger partial charge is 0.158 e. The van der Waals surface area contributed by atoms with Crippen LogP contribution in [0.3, 0.4) is 0 Å². The van der Waals surface area contributed by atoms with Crippen LogP contribution in [0.15, 0.2) is 48.5 Å². The van der Waals surface area contributed by atoms with Crippen molar-refractivity contribution in [2.45, 2.75) is 18.4 Å². The van der Waals surface area contributed by atoms with E-state index in [1.807, 2.05) is 19.1 Å². The highest BCUT2D eigenvalue weighted by Crippen LogP contribution is 2.22. The molecule has 0 heterocycles. The predicted octanol–water partition coefficient (Wildman–Crippen LogP) is 3.07. The quantitative estimate of drug-likeness (QED) is 0.821. The van der Waals surface area contributed by atoms with E-state index in [0.717, 1.165) is 0 Å². The fraction of sp³-hybridized carbons (Fsp3) is 0.235. The van der Waals surface area contributed by atoms with Crippen molar-refractivity contribution in [3.8, 4) is 11.8 Å². The second-order valence-corrected chi connectivity index (χ2v) is 6.95. The summed E-state index contributed by atoms with van der Waals surface area (Å²) in [5.41, 5.74) is 1.86. The van der Waals surface area contributed by atoms with Gasteiger partial charge in [-0.25, -0.2) is 8.42 Å². The molecule has 0 amide bonds. The van der Waals surface area contributed by atoms with Gasteiger partial charge in [0.2, 0.25) is 0 Å². The van der Waals surface area contributed by atoms with Gasteiger partial charge in [0.25, 0.3) is 0 Å². The molecule has 0 saturated carbocycles. The standard InChI is InChI=1S/C17H17NO3S/c1-2-21-17-6-4-3-5-16(17)13-22(19,20)12-15-9-7-14(11-18)8-10-15/h3-10H,2,12-13H2,1H3. The Morgan fingerprint density at radius 2 is 1.73 bits per heavy atom. The first kappa shape index (κ1) is 16.1. The van der Waals surface area contributed by atoms with Crippen molar-refractivity contribution >= 4 is 9.84 Å². The molecule has 2 rings (SSSR count). The molecule has 114 valence electrons. The minimum atomic E-state index is -3.31. The molecule has 0 N–H and O–H groups in total. The Morgan fingerprint density at radius 3 is 2.36 bits per heavy atom. The van der Waals surface area contributed by atoms with Gasteiger partial charge in [-0.05, 0) is 30.7 Å². The second kappa shape index (κ2) is 7.10. The van der Waals surface area contributed by atoms with Gasteiger partial charge in [0.15, 0.2) is 9.84 Å². The van der Waals surface area contributed by atoms with Crippen LogP contribution in [0.4, 0.5) is 0 Å². The molecular formula is C17H17NO3S.